The molecule has 0 saturated heterocycles. The van der Waals surface area contributed by atoms with E-state index in [0.29, 0.717) is 19.3 Å². The Morgan fingerprint density at radius 3 is 0.889 bits per heavy atom. The molecule has 0 aliphatic heterocycles. The first kappa shape index (κ1) is 69.1. The maximum atomic E-state index is 12.9. The lowest BCUT2D eigenvalue weighted by molar-refractivity contribution is -0.167. The Bertz CT molecular complexity index is 1290. The molecule has 0 heterocycles. The smallest absolute Gasteiger partial charge is 0.306 e. The van der Waals surface area contributed by atoms with Gasteiger partial charge in [0.05, 0.1) is 0 Å². The average Bonchev–Trinajstić information content (AvgIpc) is 3.38. The van der Waals surface area contributed by atoms with E-state index in [4.69, 9.17) is 14.2 Å². The highest BCUT2D eigenvalue weighted by molar-refractivity contribution is 5.71. The van der Waals surface area contributed by atoms with Crippen molar-refractivity contribution in [3.63, 3.8) is 0 Å². The number of hydrogen-bond acceptors (Lipinski definition) is 6. The number of rotatable bonds is 57. The van der Waals surface area contributed by atoms with Gasteiger partial charge in [0.25, 0.3) is 0 Å². The van der Waals surface area contributed by atoms with Crippen LogP contribution in [0.4, 0.5) is 0 Å². The van der Waals surface area contributed by atoms with Crippen LogP contribution in [0.3, 0.4) is 0 Å². The Labute approximate surface area is 447 Å². The lowest BCUT2D eigenvalue weighted by Gasteiger charge is -2.18. The van der Waals surface area contributed by atoms with Crippen LogP contribution in [0.15, 0.2) is 60.8 Å². The number of carbonyl (C=O) groups is 3. The number of allylic oxidation sites excluding steroid dienone is 10. The van der Waals surface area contributed by atoms with E-state index in [1.807, 2.05) is 0 Å². The Balaban J connectivity index is 4.35. The zero-order valence-corrected chi connectivity index (χ0v) is 47.9. The largest absolute Gasteiger partial charge is 0.462 e. The van der Waals surface area contributed by atoms with Gasteiger partial charge in [-0.15, -0.1) is 0 Å². The monoisotopic (exact) mass is 1010 g/mol. The highest BCUT2D eigenvalue weighted by Gasteiger charge is 2.19. The van der Waals surface area contributed by atoms with Crippen molar-refractivity contribution in [3.8, 4) is 0 Å². The van der Waals surface area contributed by atoms with Crippen LogP contribution in [0, 0.1) is 0 Å². The summed E-state index contributed by atoms with van der Waals surface area (Å²) >= 11 is 0. The molecule has 0 spiro atoms. The van der Waals surface area contributed by atoms with E-state index < -0.39 is 6.10 Å². The number of ether oxygens (including phenoxy) is 3. The molecule has 0 aliphatic rings. The zero-order chi connectivity index (χ0) is 52.2. The van der Waals surface area contributed by atoms with Gasteiger partial charge in [0.1, 0.15) is 13.2 Å². The maximum absolute atomic E-state index is 12.9. The lowest BCUT2D eigenvalue weighted by atomic mass is 10.0. The van der Waals surface area contributed by atoms with E-state index in [1.165, 1.54) is 199 Å². The summed E-state index contributed by atoms with van der Waals surface area (Å²) in [6, 6.07) is 0. The van der Waals surface area contributed by atoms with Gasteiger partial charge in [-0.25, -0.2) is 0 Å². The van der Waals surface area contributed by atoms with Crippen molar-refractivity contribution < 1.29 is 28.6 Å². The number of carbonyl (C=O) groups excluding carboxylic acids is 3. The fourth-order valence-electron chi connectivity index (χ4n) is 9.08. The van der Waals surface area contributed by atoms with Gasteiger partial charge in [0.2, 0.25) is 0 Å². The fraction of sp³-hybridized carbons (Fsp3) is 0.803. The third kappa shape index (κ3) is 58.0. The summed E-state index contributed by atoms with van der Waals surface area (Å²) < 4.78 is 16.9. The van der Waals surface area contributed by atoms with Gasteiger partial charge < -0.3 is 14.2 Å². The first-order valence-electron chi connectivity index (χ1n) is 31.3. The van der Waals surface area contributed by atoms with E-state index in [2.05, 4.69) is 81.5 Å². The van der Waals surface area contributed by atoms with E-state index in [0.717, 1.165) is 83.5 Å². The topological polar surface area (TPSA) is 78.9 Å². The molecule has 0 aliphatic carbocycles. The molecule has 0 rings (SSSR count). The molecule has 0 bridgehead atoms. The van der Waals surface area contributed by atoms with Crippen molar-refractivity contribution in [3.05, 3.63) is 60.8 Å². The number of esters is 3. The second-order valence-electron chi connectivity index (χ2n) is 20.9. The van der Waals surface area contributed by atoms with E-state index in [-0.39, 0.29) is 31.1 Å². The number of unbranched alkanes of at least 4 members (excludes halogenated alkanes) is 36. The molecule has 6 heteroatoms. The molecule has 0 aromatic rings. The minimum atomic E-state index is -0.792. The summed E-state index contributed by atoms with van der Waals surface area (Å²) in [6.45, 7) is 6.53. The van der Waals surface area contributed by atoms with Crippen LogP contribution >= 0.6 is 0 Å². The predicted molar refractivity (Wildman–Crippen MR) is 312 cm³/mol. The molecule has 1 unspecified atom stereocenters. The van der Waals surface area contributed by atoms with Crippen molar-refractivity contribution in [2.24, 2.45) is 0 Å². The summed E-state index contributed by atoms with van der Waals surface area (Å²) in [6.07, 6.45) is 76.6. The zero-order valence-electron chi connectivity index (χ0n) is 47.9. The van der Waals surface area contributed by atoms with Crippen LogP contribution < -0.4 is 0 Å². The minimum absolute atomic E-state index is 0.0861. The molecular weight excluding hydrogens is 889 g/mol. The molecule has 6 nitrogen and oxygen atoms in total. The molecule has 0 N–H and O–H groups in total. The Kier molecular flexibility index (Phi) is 58.2. The van der Waals surface area contributed by atoms with E-state index in [1.54, 1.807) is 0 Å². The van der Waals surface area contributed by atoms with Crippen molar-refractivity contribution >= 4 is 17.9 Å². The van der Waals surface area contributed by atoms with Gasteiger partial charge in [-0.1, -0.05) is 281 Å². The second-order valence-corrected chi connectivity index (χ2v) is 20.9. The first-order valence-corrected chi connectivity index (χ1v) is 31.3. The molecular formula is C66H118O6. The Morgan fingerprint density at radius 2 is 0.542 bits per heavy atom. The van der Waals surface area contributed by atoms with Crippen molar-refractivity contribution in [1.82, 2.24) is 0 Å². The third-order valence-electron chi connectivity index (χ3n) is 13.8. The standard InChI is InChI=1S/C66H118O6/c1-4-7-10-13-16-19-22-25-28-30-31-32-33-34-36-38-41-44-47-50-53-56-59-65(68)71-62-63(61-70-64(67)58-55-52-49-46-43-40-37-27-24-21-18-15-12-9-6-3)72-66(69)60-57-54-51-48-45-42-39-35-29-26-23-20-17-14-11-8-5-2/h9,12,18,21,26-27,29,37,43,46,63H,4-8,10-11,13-17,19-20,22-25,28,30-36,38-42,44-45,47-62H2,1-3H3/b12-9-,21-18-,29-26-,37-27-,46-43-. The van der Waals surface area contributed by atoms with E-state index in [9.17, 15) is 14.4 Å². The summed E-state index contributed by atoms with van der Waals surface area (Å²) in [5.41, 5.74) is 0. The predicted octanol–water partition coefficient (Wildman–Crippen LogP) is 21.2. The molecule has 0 aromatic heterocycles. The summed E-state index contributed by atoms with van der Waals surface area (Å²) in [5, 5.41) is 0. The van der Waals surface area contributed by atoms with Gasteiger partial charge in [-0.2, -0.15) is 0 Å². The van der Waals surface area contributed by atoms with Gasteiger partial charge >= 0.3 is 17.9 Å². The Morgan fingerprint density at radius 1 is 0.292 bits per heavy atom. The van der Waals surface area contributed by atoms with Crippen LogP contribution in [-0.2, 0) is 28.6 Å². The van der Waals surface area contributed by atoms with Crippen LogP contribution in [0.5, 0.6) is 0 Å². The van der Waals surface area contributed by atoms with Gasteiger partial charge in [-0.05, 0) is 83.5 Å². The van der Waals surface area contributed by atoms with Gasteiger partial charge in [0, 0.05) is 19.3 Å². The average molecular weight is 1010 g/mol. The minimum Gasteiger partial charge on any atom is -0.462 e. The Hall–Kier alpha value is -2.89. The molecule has 418 valence electrons. The molecule has 0 saturated carbocycles. The molecule has 72 heavy (non-hydrogen) atoms. The highest BCUT2D eigenvalue weighted by atomic mass is 16.6. The van der Waals surface area contributed by atoms with Crippen molar-refractivity contribution in [2.75, 3.05) is 13.2 Å². The van der Waals surface area contributed by atoms with Crippen LogP contribution in [0.1, 0.15) is 323 Å². The number of hydrogen-bond donors (Lipinski definition) is 0. The molecule has 1 atom stereocenters. The van der Waals surface area contributed by atoms with Crippen LogP contribution in [0.2, 0.25) is 0 Å². The normalized spacial score (nSPS) is 12.4. The molecule has 0 aromatic carbocycles. The third-order valence-corrected chi connectivity index (χ3v) is 13.8. The molecule has 0 amide bonds. The van der Waals surface area contributed by atoms with Crippen molar-refractivity contribution in [1.29, 1.82) is 0 Å². The summed E-state index contributed by atoms with van der Waals surface area (Å²) in [5.74, 6) is -0.917. The van der Waals surface area contributed by atoms with Gasteiger partial charge in [-0.3, -0.25) is 14.4 Å². The van der Waals surface area contributed by atoms with Crippen molar-refractivity contribution in [2.45, 2.75) is 329 Å². The van der Waals surface area contributed by atoms with E-state index >= 15 is 0 Å². The van der Waals surface area contributed by atoms with Gasteiger partial charge in [0.15, 0.2) is 6.10 Å². The SMILES string of the molecule is CC/C=C\C/C=C\C/C=C\C/C=C\CCCCC(=O)OCC(COC(=O)CCCCCCCCCCCCCCCCCCCCCCCC)OC(=O)CCCCCCCCC/C=C\CCCCCCCC. The molecule has 0 fully saturated rings. The van der Waals surface area contributed by atoms with Crippen LogP contribution in [0.25, 0.3) is 0 Å². The summed E-state index contributed by atoms with van der Waals surface area (Å²) in [4.78, 5) is 38.2. The lowest BCUT2D eigenvalue weighted by Crippen LogP contribution is -2.30. The second kappa shape index (κ2) is 60.7. The quantitative estimate of drug-likeness (QED) is 0.0261. The first-order chi connectivity index (χ1) is 35.5. The highest BCUT2D eigenvalue weighted by Crippen LogP contribution is 2.17. The fourth-order valence-corrected chi connectivity index (χ4v) is 9.08. The maximum Gasteiger partial charge on any atom is 0.306 e. The molecule has 0 radical (unpaired) electrons. The summed E-state index contributed by atoms with van der Waals surface area (Å²) in [7, 11) is 0. The van der Waals surface area contributed by atoms with Crippen LogP contribution in [-0.4, -0.2) is 37.2 Å².